The Morgan fingerprint density at radius 2 is 1.93 bits per heavy atom. The molecule has 0 radical (unpaired) electrons. The molecule has 4 heteroatoms. The van der Waals surface area contributed by atoms with Crippen molar-refractivity contribution >= 4 is 17.5 Å². The lowest BCUT2D eigenvalue weighted by molar-refractivity contribution is -0.127. The lowest BCUT2D eigenvalue weighted by Crippen LogP contribution is -2.41. The number of amides is 1. The van der Waals surface area contributed by atoms with Crippen molar-refractivity contribution in [3.8, 4) is 0 Å². The lowest BCUT2D eigenvalue weighted by Gasteiger charge is -2.32. The molecule has 0 spiro atoms. The molecule has 0 saturated carbocycles. The Morgan fingerprint density at radius 1 is 1.19 bits per heavy atom. The monoisotopic (exact) mass is 384 g/mol. The number of piperidine rings is 1. The van der Waals surface area contributed by atoms with E-state index in [-0.39, 0.29) is 17.9 Å². The highest BCUT2D eigenvalue weighted by Crippen LogP contribution is 2.23. The van der Waals surface area contributed by atoms with Crippen LogP contribution in [0.15, 0.2) is 42.5 Å². The van der Waals surface area contributed by atoms with Crippen LogP contribution in [-0.2, 0) is 11.3 Å². The van der Waals surface area contributed by atoms with E-state index >= 15 is 0 Å². The predicted octanol–water partition coefficient (Wildman–Crippen LogP) is 5.05. The van der Waals surface area contributed by atoms with Gasteiger partial charge in [-0.1, -0.05) is 47.5 Å². The first-order valence-electron chi connectivity index (χ1n) is 9.76. The number of hydrogen-bond donors (Lipinski definition) is 1. The molecule has 1 heterocycles. The van der Waals surface area contributed by atoms with E-state index in [0.717, 1.165) is 37.5 Å². The minimum Gasteiger partial charge on any atom is -0.349 e. The Bertz CT molecular complexity index is 797. The minimum atomic E-state index is 0.0441. The van der Waals surface area contributed by atoms with Crippen molar-refractivity contribution in [2.45, 2.75) is 46.2 Å². The van der Waals surface area contributed by atoms with Gasteiger partial charge in [-0.05, 0) is 75.5 Å². The number of benzene rings is 2. The fourth-order valence-corrected chi connectivity index (χ4v) is 4.18. The summed E-state index contributed by atoms with van der Waals surface area (Å²) in [6, 6.07) is 14.5. The maximum absolute atomic E-state index is 12.7. The van der Waals surface area contributed by atoms with Crippen molar-refractivity contribution in [2.24, 2.45) is 5.92 Å². The van der Waals surface area contributed by atoms with E-state index < -0.39 is 0 Å². The summed E-state index contributed by atoms with van der Waals surface area (Å²) in [7, 11) is 0. The molecule has 1 aliphatic heterocycles. The van der Waals surface area contributed by atoms with Crippen molar-refractivity contribution in [3.05, 3.63) is 69.7 Å². The van der Waals surface area contributed by atoms with Crippen LogP contribution in [0, 0.1) is 19.8 Å². The van der Waals surface area contributed by atoms with Gasteiger partial charge in [0.25, 0.3) is 0 Å². The molecular formula is C23H29ClN2O. The summed E-state index contributed by atoms with van der Waals surface area (Å²) >= 11 is 6.07. The maximum atomic E-state index is 12.7. The van der Waals surface area contributed by atoms with E-state index in [2.05, 4.69) is 55.3 Å². The number of nitrogens with zero attached hydrogens (tertiary/aromatic N) is 1. The third kappa shape index (κ3) is 5.33. The molecule has 1 atom stereocenters. The number of carbonyl (C=O) groups is 1. The van der Waals surface area contributed by atoms with Crippen molar-refractivity contribution < 1.29 is 4.79 Å². The van der Waals surface area contributed by atoms with E-state index in [4.69, 9.17) is 11.6 Å². The summed E-state index contributed by atoms with van der Waals surface area (Å²) in [6.07, 6.45) is 1.82. The second-order valence-electron chi connectivity index (χ2n) is 7.77. The van der Waals surface area contributed by atoms with Gasteiger partial charge in [-0.3, -0.25) is 9.69 Å². The zero-order valence-electron chi connectivity index (χ0n) is 16.5. The van der Waals surface area contributed by atoms with Crippen LogP contribution in [0.3, 0.4) is 0 Å². The van der Waals surface area contributed by atoms with Gasteiger partial charge in [0.05, 0.1) is 6.04 Å². The Hall–Kier alpha value is -1.84. The van der Waals surface area contributed by atoms with E-state index in [9.17, 15) is 4.79 Å². The maximum Gasteiger partial charge on any atom is 0.223 e. The lowest BCUT2D eigenvalue weighted by atomic mass is 9.94. The summed E-state index contributed by atoms with van der Waals surface area (Å²) in [5.41, 5.74) is 4.92. The summed E-state index contributed by atoms with van der Waals surface area (Å²) in [4.78, 5) is 15.1. The molecule has 1 saturated heterocycles. The van der Waals surface area contributed by atoms with Crippen LogP contribution in [-0.4, -0.2) is 23.9 Å². The Labute approximate surface area is 167 Å². The largest absolute Gasteiger partial charge is 0.349 e. The molecule has 0 unspecified atom stereocenters. The topological polar surface area (TPSA) is 32.3 Å². The van der Waals surface area contributed by atoms with Crippen LogP contribution in [0.2, 0.25) is 5.02 Å². The second-order valence-corrected chi connectivity index (χ2v) is 8.21. The fraction of sp³-hybridized carbons (Fsp3) is 0.435. The number of aryl methyl sites for hydroxylation is 2. The first-order valence-corrected chi connectivity index (χ1v) is 10.1. The molecule has 1 aliphatic rings. The summed E-state index contributed by atoms with van der Waals surface area (Å²) in [5, 5.41) is 4.00. The highest BCUT2D eigenvalue weighted by molar-refractivity contribution is 6.30. The van der Waals surface area contributed by atoms with Crippen LogP contribution in [0.5, 0.6) is 0 Å². The van der Waals surface area contributed by atoms with Crippen LogP contribution in [0.4, 0.5) is 0 Å². The average molecular weight is 385 g/mol. The second kappa shape index (κ2) is 8.90. The molecule has 1 N–H and O–H groups in total. The molecule has 2 aromatic rings. The van der Waals surface area contributed by atoms with Gasteiger partial charge in [-0.25, -0.2) is 0 Å². The molecule has 1 amide bonds. The van der Waals surface area contributed by atoms with Gasteiger partial charge in [0.1, 0.15) is 0 Å². The van der Waals surface area contributed by atoms with Gasteiger partial charge in [0.2, 0.25) is 5.91 Å². The van der Waals surface area contributed by atoms with Gasteiger partial charge >= 0.3 is 0 Å². The highest BCUT2D eigenvalue weighted by Gasteiger charge is 2.26. The van der Waals surface area contributed by atoms with Crippen LogP contribution in [0.1, 0.15) is 48.1 Å². The molecule has 3 rings (SSSR count). The molecule has 144 valence electrons. The molecule has 0 aliphatic carbocycles. The van der Waals surface area contributed by atoms with Crippen LogP contribution in [0.25, 0.3) is 0 Å². The first kappa shape index (κ1) is 19.9. The van der Waals surface area contributed by atoms with Gasteiger partial charge in [0.15, 0.2) is 0 Å². The van der Waals surface area contributed by atoms with E-state index in [1.165, 1.54) is 22.3 Å². The third-order valence-corrected chi connectivity index (χ3v) is 5.74. The smallest absolute Gasteiger partial charge is 0.223 e. The average Bonchev–Trinajstić information content (AvgIpc) is 2.62. The molecule has 3 nitrogen and oxygen atoms in total. The van der Waals surface area contributed by atoms with Crippen molar-refractivity contribution in [1.82, 2.24) is 10.2 Å². The Kier molecular flexibility index (Phi) is 6.56. The van der Waals surface area contributed by atoms with Crippen LogP contribution >= 0.6 is 11.6 Å². The number of likely N-dealkylation sites (tertiary alicyclic amines) is 1. The molecule has 0 aromatic heterocycles. The van der Waals surface area contributed by atoms with Gasteiger partial charge in [-0.2, -0.15) is 0 Å². The zero-order chi connectivity index (χ0) is 19.4. The third-order valence-electron chi connectivity index (χ3n) is 5.50. The number of carbonyl (C=O) groups excluding carboxylic acids is 1. The van der Waals surface area contributed by atoms with Crippen molar-refractivity contribution in [3.63, 3.8) is 0 Å². The SMILES string of the molecule is Cc1ccc([C@H](C)NC(=O)C2CCN(Cc3cccc(Cl)c3)CC2)c(C)c1. The van der Waals surface area contributed by atoms with Crippen molar-refractivity contribution in [2.75, 3.05) is 13.1 Å². The Balaban J connectivity index is 1.50. The predicted molar refractivity (Wildman–Crippen MR) is 112 cm³/mol. The molecule has 0 bridgehead atoms. The Morgan fingerprint density at radius 3 is 2.59 bits per heavy atom. The summed E-state index contributed by atoms with van der Waals surface area (Å²) in [6.45, 7) is 9.07. The van der Waals surface area contributed by atoms with E-state index in [0.29, 0.717) is 0 Å². The number of halogens is 1. The standard InChI is InChI=1S/C23H29ClN2O/c1-16-7-8-22(17(2)13-16)18(3)25-23(27)20-9-11-26(12-10-20)15-19-5-4-6-21(24)14-19/h4-8,13-14,18,20H,9-12,15H2,1-3H3,(H,25,27)/t18-/m0/s1. The molecular weight excluding hydrogens is 356 g/mol. The number of nitrogens with one attached hydrogen (secondary N) is 1. The van der Waals surface area contributed by atoms with E-state index in [1.54, 1.807) is 0 Å². The molecule has 1 fully saturated rings. The van der Waals surface area contributed by atoms with Crippen molar-refractivity contribution in [1.29, 1.82) is 0 Å². The normalized spacial score (nSPS) is 16.9. The van der Waals surface area contributed by atoms with E-state index in [1.807, 2.05) is 18.2 Å². The zero-order valence-corrected chi connectivity index (χ0v) is 17.2. The molecule has 27 heavy (non-hydrogen) atoms. The fourth-order valence-electron chi connectivity index (χ4n) is 3.97. The minimum absolute atomic E-state index is 0.0441. The number of hydrogen-bond acceptors (Lipinski definition) is 2. The molecule has 2 aromatic carbocycles. The van der Waals surface area contributed by atoms with Gasteiger partial charge in [0, 0.05) is 17.5 Å². The van der Waals surface area contributed by atoms with Crippen LogP contribution < -0.4 is 5.32 Å². The van der Waals surface area contributed by atoms with Gasteiger partial charge < -0.3 is 5.32 Å². The van der Waals surface area contributed by atoms with Gasteiger partial charge in [-0.15, -0.1) is 0 Å². The number of rotatable bonds is 5. The quantitative estimate of drug-likeness (QED) is 0.782. The summed E-state index contributed by atoms with van der Waals surface area (Å²) < 4.78 is 0. The highest BCUT2D eigenvalue weighted by atomic mass is 35.5. The first-order chi connectivity index (χ1) is 12.9. The summed E-state index contributed by atoms with van der Waals surface area (Å²) in [5.74, 6) is 0.290.